The number of hydrogen-bond donors (Lipinski definition) is 0. The summed E-state index contributed by atoms with van der Waals surface area (Å²) in [5.41, 5.74) is 3.66. The number of fused-ring (bicyclic) bond motifs is 2. The number of ether oxygens (including phenoxy) is 2. The van der Waals surface area contributed by atoms with E-state index in [2.05, 4.69) is 0 Å². The summed E-state index contributed by atoms with van der Waals surface area (Å²) in [7, 11) is 1.83. The van der Waals surface area contributed by atoms with Crippen molar-refractivity contribution >= 4 is 16.8 Å². The summed E-state index contributed by atoms with van der Waals surface area (Å²) in [5.74, 6) is 1.99. The summed E-state index contributed by atoms with van der Waals surface area (Å²) in [5, 5.41) is 0.907. The molecule has 2 heterocycles. The third-order valence-corrected chi connectivity index (χ3v) is 5.17. The standard InChI is InChI=1S/C22H20N2O3/c1-24(12-14-6-9-20-21(10-14)27-13-26-20)22(25)17-11-19(15-7-8-15)23-18-5-3-2-4-16(17)18/h2-6,9-11,15H,7-8,12-13H2,1H3. The molecule has 136 valence electrons. The average molecular weight is 360 g/mol. The van der Waals surface area contributed by atoms with Gasteiger partial charge in [0.2, 0.25) is 6.79 Å². The number of pyridine rings is 1. The van der Waals surface area contributed by atoms with Crippen molar-refractivity contribution in [2.75, 3.05) is 13.8 Å². The van der Waals surface area contributed by atoms with Crippen molar-refractivity contribution < 1.29 is 14.3 Å². The molecule has 0 unspecified atom stereocenters. The Morgan fingerprint density at radius 2 is 1.93 bits per heavy atom. The Hall–Kier alpha value is -3.08. The van der Waals surface area contributed by atoms with Gasteiger partial charge in [-0.25, -0.2) is 0 Å². The molecule has 1 amide bonds. The second kappa shape index (κ2) is 6.27. The molecular formula is C22H20N2O3. The number of rotatable bonds is 4. The van der Waals surface area contributed by atoms with Gasteiger partial charge in [-0.1, -0.05) is 24.3 Å². The second-order valence-electron chi connectivity index (χ2n) is 7.23. The molecular weight excluding hydrogens is 340 g/mol. The van der Waals surface area contributed by atoms with Gasteiger partial charge in [0.25, 0.3) is 5.91 Å². The SMILES string of the molecule is CN(Cc1ccc2c(c1)OCO2)C(=O)c1cc(C2CC2)nc2ccccc12. The molecule has 2 aliphatic rings. The molecule has 5 heteroatoms. The Kier molecular flexibility index (Phi) is 3.74. The maximum Gasteiger partial charge on any atom is 0.254 e. The van der Waals surface area contributed by atoms with Gasteiger partial charge in [-0.15, -0.1) is 0 Å². The topological polar surface area (TPSA) is 51.7 Å². The lowest BCUT2D eigenvalue weighted by atomic mass is 10.0. The van der Waals surface area contributed by atoms with Crippen LogP contribution in [0.4, 0.5) is 0 Å². The summed E-state index contributed by atoms with van der Waals surface area (Å²) >= 11 is 0. The number of hydrogen-bond acceptors (Lipinski definition) is 4. The number of nitrogens with zero attached hydrogens (tertiary/aromatic N) is 2. The van der Waals surface area contributed by atoms with Crippen LogP contribution in [-0.2, 0) is 6.54 Å². The van der Waals surface area contributed by atoms with E-state index in [0.717, 1.165) is 52.1 Å². The van der Waals surface area contributed by atoms with Crippen molar-refractivity contribution in [1.29, 1.82) is 0 Å². The Morgan fingerprint density at radius 1 is 1.11 bits per heavy atom. The Bertz CT molecular complexity index is 1040. The summed E-state index contributed by atoms with van der Waals surface area (Å²) in [4.78, 5) is 19.7. The van der Waals surface area contributed by atoms with Crippen molar-refractivity contribution in [3.05, 3.63) is 65.4 Å². The van der Waals surface area contributed by atoms with E-state index in [1.165, 1.54) is 0 Å². The van der Waals surface area contributed by atoms with Crippen LogP contribution in [0.15, 0.2) is 48.5 Å². The van der Waals surface area contributed by atoms with Gasteiger partial charge in [0, 0.05) is 30.6 Å². The molecule has 1 aliphatic heterocycles. The fourth-order valence-corrected chi connectivity index (χ4v) is 3.55. The third kappa shape index (κ3) is 2.99. The molecule has 0 radical (unpaired) electrons. The average Bonchev–Trinajstić information content (AvgIpc) is 3.44. The van der Waals surface area contributed by atoms with Gasteiger partial charge < -0.3 is 14.4 Å². The molecule has 1 aromatic heterocycles. The zero-order valence-electron chi connectivity index (χ0n) is 15.1. The molecule has 0 saturated heterocycles. The first-order valence-corrected chi connectivity index (χ1v) is 9.23. The van der Waals surface area contributed by atoms with Crippen LogP contribution in [-0.4, -0.2) is 29.6 Å². The van der Waals surface area contributed by atoms with E-state index in [0.29, 0.717) is 12.5 Å². The van der Waals surface area contributed by atoms with Crippen LogP contribution in [0.1, 0.15) is 40.4 Å². The maximum absolute atomic E-state index is 13.2. The predicted molar refractivity (Wildman–Crippen MR) is 102 cm³/mol. The monoisotopic (exact) mass is 360 g/mol. The number of amides is 1. The maximum atomic E-state index is 13.2. The fraction of sp³-hybridized carbons (Fsp3) is 0.273. The quantitative estimate of drug-likeness (QED) is 0.702. The molecule has 2 aromatic carbocycles. The third-order valence-electron chi connectivity index (χ3n) is 5.17. The number of benzene rings is 2. The summed E-state index contributed by atoms with van der Waals surface area (Å²) in [6.07, 6.45) is 2.32. The molecule has 0 atom stereocenters. The van der Waals surface area contributed by atoms with E-state index < -0.39 is 0 Å². The van der Waals surface area contributed by atoms with E-state index in [1.54, 1.807) is 4.90 Å². The molecule has 1 saturated carbocycles. The molecule has 0 bridgehead atoms. The highest BCUT2D eigenvalue weighted by molar-refractivity contribution is 6.06. The normalized spacial score (nSPS) is 15.1. The van der Waals surface area contributed by atoms with Crippen LogP contribution >= 0.6 is 0 Å². The molecule has 3 aromatic rings. The van der Waals surface area contributed by atoms with Crippen LogP contribution in [0.25, 0.3) is 10.9 Å². The molecule has 1 aliphatic carbocycles. The van der Waals surface area contributed by atoms with E-state index in [4.69, 9.17) is 14.5 Å². The van der Waals surface area contributed by atoms with Crippen LogP contribution < -0.4 is 9.47 Å². The van der Waals surface area contributed by atoms with E-state index in [1.807, 2.05) is 55.6 Å². The van der Waals surface area contributed by atoms with Crippen molar-refractivity contribution in [2.24, 2.45) is 0 Å². The highest BCUT2D eigenvalue weighted by atomic mass is 16.7. The predicted octanol–water partition coefficient (Wildman–Crippen LogP) is 4.11. The highest BCUT2D eigenvalue weighted by Gasteiger charge is 2.27. The summed E-state index contributed by atoms with van der Waals surface area (Å²) in [6, 6.07) is 15.7. The Labute approximate surface area is 157 Å². The molecule has 5 nitrogen and oxygen atoms in total. The largest absolute Gasteiger partial charge is 0.454 e. The van der Waals surface area contributed by atoms with Gasteiger partial charge in [0.05, 0.1) is 11.1 Å². The molecule has 0 N–H and O–H groups in total. The van der Waals surface area contributed by atoms with Gasteiger partial charge >= 0.3 is 0 Å². The number of para-hydroxylation sites is 1. The summed E-state index contributed by atoms with van der Waals surface area (Å²) in [6.45, 7) is 0.755. The molecule has 1 fully saturated rings. The van der Waals surface area contributed by atoms with Crippen LogP contribution in [0, 0.1) is 0 Å². The Balaban J connectivity index is 1.46. The minimum absolute atomic E-state index is 0.00756. The first-order valence-electron chi connectivity index (χ1n) is 9.23. The van der Waals surface area contributed by atoms with Gasteiger partial charge in [0.1, 0.15) is 0 Å². The second-order valence-corrected chi connectivity index (χ2v) is 7.23. The first-order chi connectivity index (χ1) is 13.2. The van der Waals surface area contributed by atoms with Crippen molar-refractivity contribution in [2.45, 2.75) is 25.3 Å². The van der Waals surface area contributed by atoms with Crippen molar-refractivity contribution in [1.82, 2.24) is 9.88 Å². The van der Waals surface area contributed by atoms with Gasteiger partial charge in [-0.2, -0.15) is 0 Å². The van der Waals surface area contributed by atoms with Gasteiger partial charge in [0.15, 0.2) is 11.5 Å². The number of carbonyl (C=O) groups excluding carboxylic acids is 1. The van der Waals surface area contributed by atoms with Crippen molar-refractivity contribution in [3.8, 4) is 11.5 Å². The first kappa shape index (κ1) is 16.1. The van der Waals surface area contributed by atoms with Crippen LogP contribution in [0.3, 0.4) is 0 Å². The molecule has 5 rings (SSSR count). The minimum atomic E-state index is 0.00756. The van der Waals surface area contributed by atoms with Crippen molar-refractivity contribution in [3.63, 3.8) is 0 Å². The van der Waals surface area contributed by atoms with E-state index in [-0.39, 0.29) is 12.7 Å². The van der Waals surface area contributed by atoms with Gasteiger partial charge in [-0.05, 0) is 42.7 Å². The lowest BCUT2D eigenvalue weighted by Crippen LogP contribution is -2.26. The van der Waals surface area contributed by atoms with Crippen LogP contribution in [0.2, 0.25) is 0 Å². The van der Waals surface area contributed by atoms with E-state index in [9.17, 15) is 4.79 Å². The minimum Gasteiger partial charge on any atom is -0.454 e. The smallest absolute Gasteiger partial charge is 0.254 e. The molecule has 27 heavy (non-hydrogen) atoms. The zero-order valence-corrected chi connectivity index (χ0v) is 15.1. The fourth-order valence-electron chi connectivity index (χ4n) is 3.55. The van der Waals surface area contributed by atoms with Gasteiger partial charge in [-0.3, -0.25) is 9.78 Å². The van der Waals surface area contributed by atoms with Crippen LogP contribution in [0.5, 0.6) is 11.5 Å². The summed E-state index contributed by atoms with van der Waals surface area (Å²) < 4.78 is 10.8. The lowest BCUT2D eigenvalue weighted by molar-refractivity contribution is 0.0786. The zero-order chi connectivity index (χ0) is 18.4. The number of carbonyl (C=O) groups is 1. The lowest BCUT2D eigenvalue weighted by Gasteiger charge is -2.19. The highest BCUT2D eigenvalue weighted by Crippen LogP contribution is 2.40. The number of aromatic nitrogens is 1. The Morgan fingerprint density at radius 3 is 2.78 bits per heavy atom. The molecule has 0 spiro atoms. The van der Waals surface area contributed by atoms with E-state index >= 15 is 0 Å².